The molecule has 124 valence electrons. The van der Waals surface area contributed by atoms with E-state index in [4.69, 9.17) is 0 Å². The van der Waals surface area contributed by atoms with E-state index in [1.165, 1.54) is 4.90 Å². The fourth-order valence-electron chi connectivity index (χ4n) is 2.58. The highest BCUT2D eigenvalue weighted by molar-refractivity contribution is 5.96. The van der Waals surface area contributed by atoms with Crippen LogP contribution in [0.25, 0.3) is 5.57 Å². The predicted octanol–water partition coefficient (Wildman–Crippen LogP) is 1.53. The topological polar surface area (TPSA) is 60.9 Å². The first-order valence-corrected chi connectivity index (χ1v) is 7.92. The standard InChI is InChI=1S/C18H24N2O3/c1-14(15-6-4-3-5-7-15)12-17(22)19(2)13-18(23)20-10-8-16(21)9-11-20/h3-7,12,16,21H,8-11,13H2,1-2H3/b14-12-. The van der Waals surface area contributed by atoms with Crippen molar-refractivity contribution in [2.75, 3.05) is 26.7 Å². The molecule has 0 bridgehead atoms. The molecule has 1 aromatic carbocycles. The Kier molecular flexibility index (Phi) is 5.93. The van der Waals surface area contributed by atoms with E-state index in [-0.39, 0.29) is 24.5 Å². The second-order valence-corrected chi connectivity index (χ2v) is 6.00. The maximum atomic E-state index is 12.2. The molecule has 1 heterocycles. The number of rotatable bonds is 4. The van der Waals surface area contributed by atoms with Gasteiger partial charge >= 0.3 is 0 Å². The quantitative estimate of drug-likeness (QED) is 0.857. The molecule has 0 radical (unpaired) electrons. The van der Waals surface area contributed by atoms with Gasteiger partial charge in [-0.25, -0.2) is 0 Å². The Hall–Kier alpha value is -2.14. The number of carbonyl (C=O) groups excluding carboxylic acids is 2. The lowest BCUT2D eigenvalue weighted by atomic mass is 10.1. The largest absolute Gasteiger partial charge is 0.393 e. The first kappa shape index (κ1) is 17.2. The highest BCUT2D eigenvalue weighted by atomic mass is 16.3. The summed E-state index contributed by atoms with van der Waals surface area (Å²) < 4.78 is 0. The van der Waals surface area contributed by atoms with Crippen molar-refractivity contribution in [2.24, 2.45) is 0 Å². The molecule has 0 unspecified atom stereocenters. The van der Waals surface area contributed by atoms with Crippen molar-refractivity contribution >= 4 is 17.4 Å². The van der Waals surface area contributed by atoms with Crippen LogP contribution in [0.3, 0.4) is 0 Å². The van der Waals surface area contributed by atoms with Gasteiger partial charge in [-0.2, -0.15) is 0 Å². The molecule has 2 amide bonds. The van der Waals surface area contributed by atoms with Gasteiger partial charge in [0, 0.05) is 26.2 Å². The number of likely N-dealkylation sites (N-methyl/N-ethyl adjacent to an activating group) is 1. The molecule has 1 aromatic rings. The number of carbonyl (C=O) groups is 2. The van der Waals surface area contributed by atoms with E-state index in [2.05, 4.69) is 0 Å². The predicted molar refractivity (Wildman–Crippen MR) is 89.6 cm³/mol. The van der Waals surface area contributed by atoms with Crippen LogP contribution in [0.4, 0.5) is 0 Å². The first-order chi connectivity index (χ1) is 11.0. The summed E-state index contributed by atoms with van der Waals surface area (Å²) >= 11 is 0. The summed E-state index contributed by atoms with van der Waals surface area (Å²) in [4.78, 5) is 27.6. The molecule has 5 heteroatoms. The molecule has 1 aliphatic rings. The van der Waals surface area contributed by atoms with E-state index in [1.807, 2.05) is 37.3 Å². The van der Waals surface area contributed by atoms with Gasteiger partial charge in [-0.05, 0) is 30.9 Å². The Bertz CT molecular complexity index is 575. The van der Waals surface area contributed by atoms with E-state index in [9.17, 15) is 14.7 Å². The van der Waals surface area contributed by atoms with E-state index >= 15 is 0 Å². The van der Waals surface area contributed by atoms with Crippen molar-refractivity contribution in [1.29, 1.82) is 0 Å². The molecule has 5 nitrogen and oxygen atoms in total. The molecule has 0 aromatic heterocycles. The zero-order chi connectivity index (χ0) is 16.8. The van der Waals surface area contributed by atoms with Crippen molar-refractivity contribution < 1.29 is 14.7 Å². The van der Waals surface area contributed by atoms with Crippen LogP contribution in [0.15, 0.2) is 36.4 Å². The van der Waals surface area contributed by atoms with Crippen molar-refractivity contribution in [2.45, 2.75) is 25.9 Å². The summed E-state index contributed by atoms with van der Waals surface area (Å²) in [5.41, 5.74) is 1.86. The summed E-state index contributed by atoms with van der Waals surface area (Å²) in [5.74, 6) is -0.254. The Labute approximate surface area is 137 Å². The average molecular weight is 316 g/mol. The number of benzene rings is 1. The zero-order valence-electron chi connectivity index (χ0n) is 13.7. The van der Waals surface area contributed by atoms with Crippen LogP contribution >= 0.6 is 0 Å². The molecule has 2 rings (SSSR count). The molecule has 0 saturated carbocycles. The molecule has 23 heavy (non-hydrogen) atoms. The zero-order valence-corrected chi connectivity index (χ0v) is 13.7. The first-order valence-electron chi connectivity index (χ1n) is 7.92. The summed E-state index contributed by atoms with van der Waals surface area (Å²) in [5, 5.41) is 9.48. The molecular weight excluding hydrogens is 292 g/mol. The normalized spacial score (nSPS) is 16.3. The monoisotopic (exact) mass is 316 g/mol. The Morgan fingerprint density at radius 1 is 1.26 bits per heavy atom. The fourth-order valence-corrected chi connectivity index (χ4v) is 2.58. The van der Waals surface area contributed by atoms with E-state index in [0.717, 1.165) is 11.1 Å². The van der Waals surface area contributed by atoms with Crippen LogP contribution in [0.5, 0.6) is 0 Å². The van der Waals surface area contributed by atoms with Crippen LogP contribution in [-0.4, -0.2) is 59.5 Å². The van der Waals surface area contributed by atoms with Gasteiger partial charge in [0.2, 0.25) is 11.8 Å². The fraction of sp³-hybridized carbons (Fsp3) is 0.444. The van der Waals surface area contributed by atoms with Gasteiger partial charge in [-0.3, -0.25) is 9.59 Å². The summed E-state index contributed by atoms with van der Waals surface area (Å²) in [6.45, 7) is 3.06. The number of amides is 2. The molecular formula is C18H24N2O3. The SMILES string of the molecule is C/C(=C/C(=O)N(C)CC(=O)N1CCC(O)CC1)c1ccccc1. The Morgan fingerprint density at radius 3 is 2.48 bits per heavy atom. The average Bonchev–Trinajstić information content (AvgIpc) is 2.56. The number of hydrogen-bond acceptors (Lipinski definition) is 3. The number of aliphatic hydroxyl groups is 1. The van der Waals surface area contributed by atoms with Gasteiger partial charge in [0.1, 0.15) is 0 Å². The van der Waals surface area contributed by atoms with E-state index in [1.54, 1.807) is 18.0 Å². The lowest BCUT2D eigenvalue weighted by Gasteiger charge is -2.30. The van der Waals surface area contributed by atoms with Crippen LogP contribution in [-0.2, 0) is 9.59 Å². The number of likely N-dealkylation sites (tertiary alicyclic amines) is 1. The van der Waals surface area contributed by atoms with Crippen molar-refractivity contribution in [3.8, 4) is 0 Å². The van der Waals surface area contributed by atoms with E-state index in [0.29, 0.717) is 25.9 Å². The van der Waals surface area contributed by atoms with Crippen molar-refractivity contribution in [1.82, 2.24) is 9.80 Å². The summed E-state index contributed by atoms with van der Waals surface area (Å²) in [7, 11) is 1.63. The third-order valence-corrected chi connectivity index (χ3v) is 4.13. The summed E-state index contributed by atoms with van der Waals surface area (Å²) in [6, 6.07) is 9.68. The molecule has 1 fully saturated rings. The smallest absolute Gasteiger partial charge is 0.247 e. The van der Waals surface area contributed by atoms with Gasteiger partial charge in [0.15, 0.2) is 0 Å². The minimum atomic E-state index is -0.310. The lowest BCUT2D eigenvalue weighted by molar-refractivity contribution is -0.138. The highest BCUT2D eigenvalue weighted by Gasteiger charge is 2.22. The molecule has 1 aliphatic heterocycles. The van der Waals surface area contributed by atoms with Crippen LogP contribution < -0.4 is 0 Å². The summed E-state index contributed by atoms with van der Waals surface area (Å²) in [6.07, 6.45) is 2.46. The van der Waals surface area contributed by atoms with E-state index < -0.39 is 0 Å². The number of allylic oxidation sites excluding steroid dienone is 1. The third kappa shape index (κ3) is 4.93. The Morgan fingerprint density at radius 2 is 1.87 bits per heavy atom. The van der Waals surface area contributed by atoms with Crippen LogP contribution in [0, 0.1) is 0 Å². The molecule has 0 spiro atoms. The second kappa shape index (κ2) is 7.92. The van der Waals surface area contributed by atoms with Gasteiger partial charge in [-0.1, -0.05) is 30.3 Å². The molecule has 1 saturated heterocycles. The van der Waals surface area contributed by atoms with Gasteiger partial charge in [0.05, 0.1) is 12.6 Å². The number of hydrogen-bond donors (Lipinski definition) is 1. The van der Waals surface area contributed by atoms with Crippen molar-refractivity contribution in [3.05, 3.63) is 42.0 Å². The van der Waals surface area contributed by atoms with Gasteiger partial charge in [-0.15, -0.1) is 0 Å². The number of nitrogens with zero attached hydrogens (tertiary/aromatic N) is 2. The second-order valence-electron chi connectivity index (χ2n) is 6.00. The third-order valence-electron chi connectivity index (χ3n) is 4.13. The maximum Gasteiger partial charge on any atom is 0.247 e. The molecule has 0 atom stereocenters. The number of aliphatic hydroxyl groups excluding tert-OH is 1. The molecule has 0 aliphatic carbocycles. The number of piperidine rings is 1. The Balaban J connectivity index is 1.91. The van der Waals surface area contributed by atoms with Crippen LogP contribution in [0.1, 0.15) is 25.3 Å². The van der Waals surface area contributed by atoms with Gasteiger partial charge < -0.3 is 14.9 Å². The maximum absolute atomic E-state index is 12.2. The molecule has 1 N–H and O–H groups in total. The minimum Gasteiger partial charge on any atom is -0.393 e. The highest BCUT2D eigenvalue weighted by Crippen LogP contribution is 2.13. The lowest BCUT2D eigenvalue weighted by Crippen LogP contribution is -2.45. The van der Waals surface area contributed by atoms with Gasteiger partial charge in [0.25, 0.3) is 0 Å². The van der Waals surface area contributed by atoms with Crippen molar-refractivity contribution in [3.63, 3.8) is 0 Å². The van der Waals surface area contributed by atoms with Crippen LogP contribution in [0.2, 0.25) is 0 Å². The minimum absolute atomic E-state index is 0.0630.